The lowest BCUT2D eigenvalue weighted by atomic mass is 10.1. The number of hydrogen-bond donors (Lipinski definition) is 6. The van der Waals surface area contributed by atoms with Crippen LogP contribution in [0.2, 0.25) is 0 Å². The van der Waals surface area contributed by atoms with Crippen LogP contribution in [-0.2, 0) is 0 Å². The molecule has 0 bridgehead atoms. The first-order chi connectivity index (χ1) is 9.41. The van der Waals surface area contributed by atoms with Gasteiger partial charge >= 0.3 is 0 Å². The zero-order chi connectivity index (χ0) is 15.1. The van der Waals surface area contributed by atoms with Gasteiger partial charge in [0.1, 0.15) is 0 Å². The number of carbonyl (C=O) groups excluding carboxylic acids is 2. The predicted octanol–water partition coefficient (Wildman–Crippen LogP) is -1.36. The van der Waals surface area contributed by atoms with Gasteiger partial charge in [-0.3, -0.25) is 31.3 Å². The Morgan fingerprint density at radius 1 is 0.800 bits per heavy atom. The summed E-state index contributed by atoms with van der Waals surface area (Å²) in [5.41, 5.74) is 19.7. The molecule has 0 aliphatic carbocycles. The number of nitrogens with two attached hydrogens (primary N) is 2. The molecule has 0 saturated heterocycles. The SMILES string of the molecule is NC(=S)NNC(=O)c1ccccc1C(=O)NNC(N)=S. The molecule has 0 radical (unpaired) electrons. The predicted molar refractivity (Wildman–Crippen MR) is 81.2 cm³/mol. The minimum absolute atomic E-state index is 0.101. The summed E-state index contributed by atoms with van der Waals surface area (Å²) in [4.78, 5) is 23.7. The van der Waals surface area contributed by atoms with E-state index in [2.05, 4.69) is 46.1 Å². The number of rotatable bonds is 2. The minimum atomic E-state index is -0.570. The maximum Gasteiger partial charge on any atom is 0.270 e. The fourth-order valence-corrected chi connectivity index (χ4v) is 1.35. The summed E-state index contributed by atoms with van der Waals surface area (Å²) in [7, 11) is 0. The average molecular weight is 312 g/mol. The first-order valence-corrected chi connectivity index (χ1v) is 6.04. The minimum Gasteiger partial charge on any atom is -0.375 e. The molecular formula is C10H12N6O2S2. The summed E-state index contributed by atoms with van der Waals surface area (Å²) in [6.07, 6.45) is 0. The highest BCUT2D eigenvalue weighted by atomic mass is 32.1. The third kappa shape index (κ3) is 4.66. The second-order valence-electron chi connectivity index (χ2n) is 3.43. The van der Waals surface area contributed by atoms with Gasteiger partial charge in [0.15, 0.2) is 10.2 Å². The number of nitrogens with one attached hydrogen (secondary N) is 4. The van der Waals surface area contributed by atoms with Gasteiger partial charge in [-0.25, -0.2) is 0 Å². The molecule has 2 amide bonds. The van der Waals surface area contributed by atoms with Gasteiger partial charge in [-0.1, -0.05) is 12.1 Å². The van der Waals surface area contributed by atoms with E-state index < -0.39 is 11.8 Å². The van der Waals surface area contributed by atoms with Gasteiger partial charge in [0.25, 0.3) is 11.8 Å². The van der Waals surface area contributed by atoms with Crippen molar-refractivity contribution in [2.75, 3.05) is 0 Å². The molecule has 1 rings (SSSR count). The van der Waals surface area contributed by atoms with Gasteiger partial charge in [-0.05, 0) is 36.6 Å². The molecule has 0 aliphatic rings. The number of thiocarbonyl (C=S) groups is 2. The van der Waals surface area contributed by atoms with E-state index in [1.54, 1.807) is 12.1 Å². The van der Waals surface area contributed by atoms with Crippen LogP contribution in [0.15, 0.2) is 24.3 Å². The van der Waals surface area contributed by atoms with Crippen LogP contribution in [0.4, 0.5) is 0 Å². The van der Waals surface area contributed by atoms with Crippen LogP contribution < -0.4 is 33.2 Å². The number of benzene rings is 1. The van der Waals surface area contributed by atoms with Gasteiger partial charge in [0, 0.05) is 0 Å². The number of amides is 2. The van der Waals surface area contributed by atoms with Crippen molar-refractivity contribution in [2.24, 2.45) is 11.5 Å². The van der Waals surface area contributed by atoms with E-state index in [9.17, 15) is 9.59 Å². The normalized spacial score (nSPS) is 9.20. The third-order valence-electron chi connectivity index (χ3n) is 2.01. The van der Waals surface area contributed by atoms with Crippen LogP contribution >= 0.6 is 24.4 Å². The molecule has 0 spiro atoms. The first kappa shape index (κ1) is 15.6. The lowest BCUT2D eigenvalue weighted by Gasteiger charge is -2.11. The van der Waals surface area contributed by atoms with E-state index >= 15 is 0 Å². The molecule has 0 fully saturated rings. The fourth-order valence-electron chi connectivity index (χ4n) is 1.25. The zero-order valence-corrected chi connectivity index (χ0v) is 11.7. The Kier molecular flexibility index (Phi) is 5.62. The molecule has 10 heteroatoms. The Morgan fingerprint density at radius 3 is 1.45 bits per heavy atom. The summed E-state index contributed by atoms with van der Waals surface area (Å²) < 4.78 is 0. The van der Waals surface area contributed by atoms with Crippen molar-refractivity contribution in [3.63, 3.8) is 0 Å². The van der Waals surface area contributed by atoms with Crippen LogP contribution in [0.3, 0.4) is 0 Å². The van der Waals surface area contributed by atoms with Crippen molar-refractivity contribution >= 4 is 46.5 Å². The molecule has 0 saturated carbocycles. The van der Waals surface area contributed by atoms with E-state index in [0.29, 0.717) is 0 Å². The Hall–Kier alpha value is -2.46. The molecule has 1 aromatic carbocycles. The molecule has 0 heterocycles. The first-order valence-electron chi connectivity index (χ1n) is 5.22. The number of hydrogen-bond acceptors (Lipinski definition) is 4. The van der Waals surface area contributed by atoms with Crippen LogP contribution in [0.1, 0.15) is 20.7 Å². The van der Waals surface area contributed by atoms with E-state index in [-0.39, 0.29) is 21.4 Å². The van der Waals surface area contributed by atoms with Crippen molar-refractivity contribution < 1.29 is 9.59 Å². The van der Waals surface area contributed by atoms with E-state index in [4.69, 9.17) is 11.5 Å². The van der Waals surface area contributed by atoms with Gasteiger partial charge in [0.2, 0.25) is 0 Å². The molecule has 8 nitrogen and oxygen atoms in total. The third-order valence-corrected chi connectivity index (χ3v) is 2.22. The zero-order valence-electron chi connectivity index (χ0n) is 10.1. The smallest absolute Gasteiger partial charge is 0.270 e. The van der Waals surface area contributed by atoms with Crippen LogP contribution in [-0.4, -0.2) is 22.0 Å². The van der Waals surface area contributed by atoms with Crippen LogP contribution in [0.25, 0.3) is 0 Å². The molecule has 0 aromatic heterocycles. The second-order valence-corrected chi connectivity index (χ2v) is 4.31. The van der Waals surface area contributed by atoms with Crippen molar-refractivity contribution in [3.05, 3.63) is 35.4 Å². The van der Waals surface area contributed by atoms with Gasteiger partial charge in [0.05, 0.1) is 11.1 Å². The van der Waals surface area contributed by atoms with Gasteiger partial charge in [-0.15, -0.1) is 0 Å². The molecule has 0 aliphatic heterocycles. The van der Waals surface area contributed by atoms with Crippen molar-refractivity contribution in [1.82, 2.24) is 21.7 Å². The highest BCUT2D eigenvalue weighted by molar-refractivity contribution is 7.80. The molecular weight excluding hydrogens is 300 g/mol. The summed E-state index contributed by atoms with van der Waals surface area (Å²) in [5, 5.41) is -0.203. The summed E-state index contributed by atoms with van der Waals surface area (Å²) in [5.74, 6) is -1.14. The summed E-state index contributed by atoms with van der Waals surface area (Å²) >= 11 is 9.11. The largest absolute Gasteiger partial charge is 0.375 e. The molecule has 0 unspecified atom stereocenters. The summed E-state index contributed by atoms with van der Waals surface area (Å²) in [6.45, 7) is 0. The molecule has 0 atom stereocenters. The maximum atomic E-state index is 11.9. The van der Waals surface area contributed by atoms with Gasteiger partial charge < -0.3 is 11.5 Å². The van der Waals surface area contributed by atoms with Crippen molar-refractivity contribution in [3.8, 4) is 0 Å². The number of hydrazine groups is 2. The van der Waals surface area contributed by atoms with Crippen molar-refractivity contribution in [1.29, 1.82) is 0 Å². The average Bonchev–Trinajstić information content (AvgIpc) is 2.42. The van der Waals surface area contributed by atoms with Crippen LogP contribution in [0, 0.1) is 0 Å². The highest BCUT2D eigenvalue weighted by Gasteiger charge is 2.16. The molecule has 20 heavy (non-hydrogen) atoms. The van der Waals surface area contributed by atoms with Gasteiger partial charge in [-0.2, -0.15) is 0 Å². The maximum absolute atomic E-state index is 11.9. The quantitative estimate of drug-likeness (QED) is 0.291. The van der Waals surface area contributed by atoms with E-state index in [0.717, 1.165) is 0 Å². The molecule has 106 valence electrons. The standard InChI is InChI=1S/C10H12N6O2S2/c11-9(19)15-13-7(17)5-3-1-2-4-6(5)8(18)14-16-10(12)20/h1-4H,(H,13,17)(H,14,18)(H3,11,15,19)(H3,12,16,20). The Morgan fingerprint density at radius 2 is 1.15 bits per heavy atom. The monoisotopic (exact) mass is 312 g/mol. The Balaban J connectivity index is 2.87. The fraction of sp³-hybridized carbons (Fsp3) is 0. The van der Waals surface area contributed by atoms with E-state index in [1.807, 2.05) is 0 Å². The molecule has 1 aromatic rings. The Bertz CT molecular complexity index is 513. The number of carbonyl (C=O) groups is 2. The van der Waals surface area contributed by atoms with Crippen molar-refractivity contribution in [2.45, 2.75) is 0 Å². The highest BCUT2D eigenvalue weighted by Crippen LogP contribution is 2.08. The molecule has 8 N–H and O–H groups in total. The summed E-state index contributed by atoms with van der Waals surface area (Å²) in [6, 6.07) is 6.14. The lowest BCUT2D eigenvalue weighted by molar-refractivity contribution is 0.0909. The van der Waals surface area contributed by atoms with E-state index in [1.165, 1.54) is 12.1 Å². The topological polar surface area (TPSA) is 134 Å². The Labute approximate surface area is 125 Å². The second kappa shape index (κ2) is 7.21. The lowest BCUT2D eigenvalue weighted by Crippen LogP contribution is -2.46. The van der Waals surface area contributed by atoms with Crippen LogP contribution in [0.5, 0.6) is 0 Å².